The summed E-state index contributed by atoms with van der Waals surface area (Å²) in [6.45, 7) is 1.82. The van der Waals surface area contributed by atoms with Crippen LogP contribution in [0.4, 0.5) is 5.69 Å². The Kier molecular flexibility index (Phi) is 5.01. The molecule has 0 fully saturated rings. The van der Waals surface area contributed by atoms with E-state index in [0.717, 1.165) is 0 Å². The van der Waals surface area contributed by atoms with Crippen molar-refractivity contribution in [2.24, 2.45) is 4.99 Å². The maximum Gasteiger partial charge on any atom is 0.298 e. The second-order valence-corrected chi connectivity index (χ2v) is 6.80. The molecule has 9 heteroatoms. The molecule has 152 valence electrons. The first kappa shape index (κ1) is 19.3. The molecule has 0 spiro atoms. The van der Waals surface area contributed by atoms with Gasteiger partial charge in [0.05, 0.1) is 5.69 Å². The third-order valence-corrected chi connectivity index (χ3v) is 4.76. The van der Waals surface area contributed by atoms with Gasteiger partial charge in [-0.05, 0) is 31.2 Å². The summed E-state index contributed by atoms with van der Waals surface area (Å²) >= 11 is 0. The third kappa shape index (κ3) is 3.64. The monoisotopic (exact) mass is 405 g/mol. The summed E-state index contributed by atoms with van der Waals surface area (Å²) in [6.07, 6.45) is 1.64. The smallest absolute Gasteiger partial charge is 0.298 e. The van der Waals surface area contributed by atoms with E-state index in [2.05, 4.69) is 10.1 Å². The SMILES string of the molecule is Cc1cc(C(=O)/N=C2\COc3ccccc3N(C)C2=O)nn1Cn1ccccc1=O. The predicted octanol–water partition coefficient (Wildman–Crippen LogP) is 1.50. The number of hydrogen-bond donors (Lipinski definition) is 0. The van der Waals surface area contributed by atoms with E-state index in [0.29, 0.717) is 17.1 Å². The van der Waals surface area contributed by atoms with Crippen molar-refractivity contribution in [1.82, 2.24) is 14.3 Å². The fraction of sp³-hybridized carbons (Fsp3) is 0.190. The van der Waals surface area contributed by atoms with Gasteiger partial charge in [0.2, 0.25) is 0 Å². The molecular formula is C21H19N5O4. The van der Waals surface area contributed by atoms with Gasteiger partial charge in [-0.15, -0.1) is 0 Å². The van der Waals surface area contributed by atoms with Crippen molar-refractivity contribution in [3.05, 3.63) is 76.5 Å². The highest BCUT2D eigenvalue weighted by Gasteiger charge is 2.26. The number of benzene rings is 1. The molecule has 0 saturated carbocycles. The van der Waals surface area contributed by atoms with Gasteiger partial charge in [0.25, 0.3) is 17.4 Å². The molecular weight excluding hydrogens is 386 g/mol. The first-order chi connectivity index (χ1) is 14.4. The zero-order valence-corrected chi connectivity index (χ0v) is 16.5. The van der Waals surface area contributed by atoms with E-state index < -0.39 is 11.8 Å². The Morgan fingerprint density at radius 2 is 1.93 bits per heavy atom. The summed E-state index contributed by atoms with van der Waals surface area (Å²) in [5.74, 6) is -0.525. The number of pyridine rings is 1. The predicted molar refractivity (Wildman–Crippen MR) is 110 cm³/mol. The summed E-state index contributed by atoms with van der Waals surface area (Å²) in [4.78, 5) is 42.7. The topological polar surface area (TPSA) is 98.8 Å². The molecule has 30 heavy (non-hydrogen) atoms. The van der Waals surface area contributed by atoms with Crippen LogP contribution in [0, 0.1) is 6.92 Å². The summed E-state index contributed by atoms with van der Waals surface area (Å²) < 4.78 is 8.65. The van der Waals surface area contributed by atoms with Crippen molar-refractivity contribution in [3.8, 4) is 5.75 Å². The van der Waals surface area contributed by atoms with Crippen LogP contribution in [-0.4, -0.2) is 45.5 Å². The first-order valence-electron chi connectivity index (χ1n) is 9.26. The zero-order chi connectivity index (χ0) is 21.3. The molecule has 0 radical (unpaired) electrons. The Morgan fingerprint density at radius 1 is 1.17 bits per heavy atom. The van der Waals surface area contributed by atoms with Gasteiger partial charge in [-0.1, -0.05) is 18.2 Å². The second-order valence-electron chi connectivity index (χ2n) is 6.80. The fourth-order valence-corrected chi connectivity index (χ4v) is 3.11. The number of anilines is 1. The Morgan fingerprint density at radius 3 is 2.73 bits per heavy atom. The van der Waals surface area contributed by atoms with Gasteiger partial charge >= 0.3 is 0 Å². The molecule has 3 heterocycles. The molecule has 2 aromatic heterocycles. The number of amides is 2. The molecule has 1 aliphatic heterocycles. The molecule has 4 rings (SSSR count). The van der Waals surface area contributed by atoms with Crippen LogP contribution in [0.5, 0.6) is 5.75 Å². The number of hydrogen-bond acceptors (Lipinski definition) is 5. The number of fused-ring (bicyclic) bond motifs is 1. The summed E-state index contributed by atoms with van der Waals surface area (Å²) in [5, 5.41) is 4.25. The maximum absolute atomic E-state index is 12.7. The lowest BCUT2D eigenvalue weighted by atomic mass is 10.2. The molecule has 0 N–H and O–H groups in total. The maximum atomic E-state index is 12.7. The highest BCUT2D eigenvalue weighted by molar-refractivity contribution is 6.46. The van der Waals surface area contributed by atoms with E-state index in [4.69, 9.17) is 4.74 Å². The summed E-state index contributed by atoms with van der Waals surface area (Å²) in [5.41, 5.74) is 1.19. The molecule has 0 saturated heterocycles. The highest BCUT2D eigenvalue weighted by atomic mass is 16.5. The number of rotatable bonds is 3. The molecule has 0 atom stereocenters. The van der Waals surface area contributed by atoms with E-state index in [9.17, 15) is 14.4 Å². The molecule has 9 nitrogen and oxygen atoms in total. The zero-order valence-electron chi connectivity index (χ0n) is 16.5. The number of carbonyl (C=O) groups excluding carboxylic acids is 2. The lowest BCUT2D eigenvalue weighted by Crippen LogP contribution is -2.34. The Hall–Kier alpha value is -4.01. The largest absolute Gasteiger partial charge is 0.485 e. The second kappa shape index (κ2) is 7.78. The van der Waals surface area contributed by atoms with Crippen molar-refractivity contribution < 1.29 is 14.3 Å². The van der Waals surface area contributed by atoms with Crippen LogP contribution in [0.15, 0.2) is 64.5 Å². The van der Waals surface area contributed by atoms with E-state index in [1.54, 1.807) is 62.6 Å². The van der Waals surface area contributed by atoms with Gasteiger partial charge in [-0.2, -0.15) is 5.10 Å². The van der Waals surface area contributed by atoms with Crippen LogP contribution in [0.3, 0.4) is 0 Å². The minimum Gasteiger partial charge on any atom is -0.485 e. The normalized spacial score (nSPS) is 14.9. The van der Waals surface area contributed by atoms with Crippen LogP contribution in [0.25, 0.3) is 0 Å². The highest BCUT2D eigenvalue weighted by Crippen LogP contribution is 2.29. The molecule has 0 aliphatic carbocycles. The first-order valence-corrected chi connectivity index (χ1v) is 9.26. The Balaban J connectivity index is 1.58. The van der Waals surface area contributed by atoms with Crippen LogP contribution in [0.2, 0.25) is 0 Å². The van der Waals surface area contributed by atoms with Gasteiger partial charge in [-0.25, -0.2) is 9.67 Å². The average Bonchev–Trinajstić information content (AvgIpc) is 3.07. The van der Waals surface area contributed by atoms with E-state index in [1.807, 2.05) is 0 Å². The number of carbonyl (C=O) groups is 2. The minimum absolute atomic E-state index is 0.00909. The number of aromatic nitrogens is 3. The van der Waals surface area contributed by atoms with Crippen molar-refractivity contribution in [1.29, 1.82) is 0 Å². The van der Waals surface area contributed by atoms with Crippen LogP contribution < -0.4 is 15.2 Å². The molecule has 1 aliphatic rings. The van der Waals surface area contributed by atoms with Gasteiger partial charge in [0, 0.05) is 25.0 Å². The molecule has 0 unspecified atom stereocenters. The van der Waals surface area contributed by atoms with Crippen LogP contribution in [-0.2, 0) is 11.5 Å². The number of aryl methyl sites for hydroxylation is 1. The quantitative estimate of drug-likeness (QED) is 0.658. The molecule has 2 amide bonds. The number of nitrogens with zero attached hydrogens (tertiary/aromatic N) is 5. The number of para-hydroxylation sites is 2. The summed E-state index contributed by atoms with van der Waals surface area (Å²) in [6, 6.07) is 13.5. The van der Waals surface area contributed by atoms with Gasteiger partial charge in [0.1, 0.15) is 24.7 Å². The van der Waals surface area contributed by atoms with Gasteiger partial charge < -0.3 is 9.64 Å². The number of aliphatic imine (C=N–C) groups is 1. The van der Waals surface area contributed by atoms with E-state index in [1.165, 1.54) is 20.2 Å². The number of ether oxygens (including phenoxy) is 1. The molecule has 3 aromatic rings. The van der Waals surface area contributed by atoms with Gasteiger partial charge in [0.15, 0.2) is 5.69 Å². The molecule has 0 bridgehead atoms. The van der Waals surface area contributed by atoms with Crippen molar-refractivity contribution in [3.63, 3.8) is 0 Å². The van der Waals surface area contributed by atoms with Crippen LogP contribution >= 0.6 is 0 Å². The Bertz CT molecular complexity index is 1220. The molecule has 1 aromatic carbocycles. The van der Waals surface area contributed by atoms with Crippen molar-refractivity contribution in [2.75, 3.05) is 18.6 Å². The third-order valence-electron chi connectivity index (χ3n) is 4.76. The van der Waals surface area contributed by atoms with Crippen molar-refractivity contribution in [2.45, 2.75) is 13.6 Å². The average molecular weight is 405 g/mol. The lowest BCUT2D eigenvalue weighted by molar-refractivity contribution is -0.112. The lowest BCUT2D eigenvalue weighted by Gasteiger charge is -2.15. The minimum atomic E-state index is -0.649. The van der Waals surface area contributed by atoms with Crippen LogP contribution in [0.1, 0.15) is 16.2 Å². The van der Waals surface area contributed by atoms with Crippen molar-refractivity contribution >= 4 is 23.2 Å². The van der Waals surface area contributed by atoms with E-state index in [-0.39, 0.29) is 30.2 Å². The van der Waals surface area contributed by atoms with E-state index >= 15 is 0 Å². The van der Waals surface area contributed by atoms with Gasteiger partial charge in [-0.3, -0.25) is 19.0 Å². The summed E-state index contributed by atoms with van der Waals surface area (Å²) in [7, 11) is 1.60. The fourth-order valence-electron chi connectivity index (χ4n) is 3.11. The standard InChI is InChI=1S/C21H19N5O4/c1-14-11-15(23-26(14)13-25-10-6-5-9-19(25)27)20(28)22-16-12-30-18-8-4-3-7-17(18)24(2)21(16)29/h3-11H,12-13H2,1-2H3/b22-16+. The Labute approximate surface area is 171 Å².